The lowest BCUT2D eigenvalue weighted by Gasteiger charge is -2.13. The van der Waals surface area contributed by atoms with Crippen LogP contribution in [0.1, 0.15) is 21.5 Å². The van der Waals surface area contributed by atoms with Crippen LogP contribution in [0.15, 0.2) is 60.8 Å². The third-order valence-corrected chi connectivity index (χ3v) is 3.11. The molecule has 0 amide bonds. The predicted molar refractivity (Wildman–Crippen MR) is 83.6 cm³/mol. The van der Waals surface area contributed by atoms with Crippen LogP contribution in [-0.4, -0.2) is 24.8 Å². The number of ketones is 1. The number of rotatable bonds is 4. The van der Waals surface area contributed by atoms with E-state index in [1.807, 2.05) is 86.7 Å². The minimum Gasteiger partial charge on any atom is -0.383 e. The lowest BCUT2D eigenvalue weighted by atomic mass is 9.95. The lowest BCUT2D eigenvalue weighted by molar-refractivity contribution is 0.105. The fourth-order valence-corrected chi connectivity index (χ4v) is 2.11. The van der Waals surface area contributed by atoms with Crippen LogP contribution in [0.2, 0.25) is 0 Å². The highest BCUT2D eigenvalue weighted by Crippen LogP contribution is 2.22. The molecule has 0 spiro atoms. The zero-order valence-electron chi connectivity index (χ0n) is 12.1. The van der Waals surface area contributed by atoms with Crippen molar-refractivity contribution >= 4 is 11.4 Å². The fraction of sp³-hybridized carbons (Fsp3) is 0.167. The van der Waals surface area contributed by atoms with Gasteiger partial charge in [-0.25, -0.2) is 0 Å². The van der Waals surface area contributed by atoms with Crippen molar-refractivity contribution in [1.82, 2.24) is 4.90 Å². The lowest BCUT2D eigenvalue weighted by Crippen LogP contribution is -2.10. The van der Waals surface area contributed by atoms with E-state index in [4.69, 9.17) is 0 Å². The Labute approximate surface area is 120 Å². The van der Waals surface area contributed by atoms with E-state index in [2.05, 4.69) is 0 Å². The molecule has 20 heavy (non-hydrogen) atoms. The molecule has 2 rings (SSSR count). The van der Waals surface area contributed by atoms with Gasteiger partial charge in [-0.1, -0.05) is 54.6 Å². The summed E-state index contributed by atoms with van der Waals surface area (Å²) in [6.45, 7) is 1.96. The first-order chi connectivity index (χ1) is 9.59. The normalized spacial score (nSPS) is 11.2. The molecule has 0 radical (unpaired) electrons. The maximum atomic E-state index is 12.8. The van der Waals surface area contributed by atoms with Crippen LogP contribution in [0.5, 0.6) is 0 Å². The first-order valence-corrected chi connectivity index (χ1v) is 6.63. The molecule has 0 saturated heterocycles. The minimum absolute atomic E-state index is 0.0583. The highest BCUT2D eigenvalue weighted by atomic mass is 16.1. The second-order valence-electron chi connectivity index (χ2n) is 5.02. The van der Waals surface area contributed by atoms with Crippen molar-refractivity contribution in [2.45, 2.75) is 6.92 Å². The van der Waals surface area contributed by atoms with Crippen LogP contribution in [0, 0.1) is 6.92 Å². The quantitative estimate of drug-likeness (QED) is 0.619. The summed E-state index contributed by atoms with van der Waals surface area (Å²) in [5.41, 5.74) is 3.40. The molecule has 2 aromatic carbocycles. The summed E-state index contributed by atoms with van der Waals surface area (Å²) >= 11 is 0. The van der Waals surface area contributed by atoms with Crippen LogP contribution >= 0.6 is 0 Å². The number of nitrogens with zero attached hydrogens (tertiary/aromatic N) is 1. The number of Topliss-reactive ketones (excluding diaryl/α,β-unsaturated/α-hetero) is 1. The van der Waals surface area contributed by atoms with Crippen LogP contribution in [0.25, 0.3) is 5.57 Å². The molecule has 0 aromatic heterocycles. The Morgan fingerprint density at radius 2 is 1.55 bits per heavy atom. The van der Waals surface area contributed by atoms with Gasteiger partial charge in [-0.05, 0) is 18.1 Å². The minimum atomic E-state index is 0.0583. The second kappa shape index (κ2) is 6.20. The van der Waals surface area contributed by atoms with Gasteiger partial charge in [0, 0.05) is 31.4 Å². The summed E-state index contributed by atoms with van der Waals surface area (Å²) in [7, 11) is 3.85. The van der Waals surface area contributed by atoms with Gasteiger partial charge < -0.3 is 4.90 Å². The fourth-order valence-electron chi connectivity index (χ4n) is 2.11. The molecule has 0 saturated carbocycles. The molecule has 102 valence electrons. The third-order valence-electron chi connectivity index (χ3n) is 3.11. The van der Waals surface area contributed by atoms with Gasteiger partial charge in [0.15, 0.2) is 5.78 Å². The van der Waals surface area contributed by atoms with Crippen LogP contribution in [-0.2, 0) is 0 Å². The van der Waals surface area contributed by atoms with Gasteiger partial charge in [0.25, 0.3) is 0 Å². The van der Waals surface area contributed by atoms with Crippen molar-refractivity contribution in [1.29, 1.82) is 0 Å². The summed E-state index contributed by atoms with van der Waals surface area (Å²) in [6.07, 6.45) is 1.88. The first-order valence-electron chi connectivity index (χ1n) is 6.63. The molecule has 2 nitrogen and oxygen atoms in total. The summed E-state index contributed by atoms with van der Waals surface area (Å²) < 4.78 is 0. The van der Waals surface area contributed by atoms with Gasteiger partial charge in [0.2, 0.25) is 0 Å². The molecule has 2 heteroatoms. The predicted octanol–water partition coefficient (Wildman–Crippen LogP) is 3.78. The highest BCUT2D eigenvalue weighted by molar-refractivity contribution is 6.29. The molecule has 0 aliphatic heterocycles. The highest BCUT2D eigenvalue weighted by Gasteiger charge is 2.16. The molecular weight excluding hydrogens is 246 g/mol. The largest absolute Gasteiger partial charge is 0.383 e. The Morgan fingerprint density at radius 1 is 0.950 bits per heavy atom. The van der Waals surface area contributed by atoms with Crippen molar-refractivity contribution in [2.24, 2.45) is 0 Å². The zero-order chi connectivity index (χ0) is 14.5. The maximum Gasteiger partial charge on any atom is 0.195 e. The smallest absolute Gasteiger partial charge is 0.195 e. The molecule has 0 bridgehead atoms. The molecule has 0 aliphatic carbocycles. The van der Waals surface area contributed by atoms with E-state index in [9.17, 15) is 4.79 Å². The average Bonchev–Trinajstić information content (AvgIpc) is 2.45. The topological polar surface area (TPSA) is 20.3 Å². The van der Waals surface area contributed by atoms with Gasteiger partial charge in [-0.15, -0.1) is 0 Å². The summed E-state index contributed by atoms with van der Waals surface area (Å²) in [6, 6.07) is 17.5. The number of carbonyl (C=O) groups excluding carboxylic acids is 1. The number of benzene rings is 2. The Bertz CT molecular complexity index is 627. The molecule has 0 N–H and O–H groups in total. The molecule has 0 fully saturated rings. The van der Waals surface area contributed by atoms with Crippen LogP contribution < -0.4 is 0 Å². The van der Waals surface area contributed by atoms with E-state index in [0.29, 0.717) is 5.57 Å². The van der Waals surface area contributed by atoms with E-state index >= 15 is 0 Å². The molecular formula is C18H19NO. The van der Waals surface area contributed by atoms with E-state index in [-0.39, 0.29) is 5.78 Å². The molecule has 0 heterocycles. The number of allylic oxidation sites excluding steroid dienone is 1. The zero-order valence-corrected chi connectivity index (χ0v) is 12.1. The molecule has 0 unspecified atom stereocenters. The van der Waals surface area contributed by atoms with E-state index in [1.54, 1.807) is 0 Å². The maximum absolute atomic E-state index is 12.8. The van der Waals surface area contributed by atoms with Gasteiger partial charge >= 0.3 is 0 Å². The van der Waals surface area contributed by atoms with Gasteiger partial charge in [-0.3, -0.25) is 4.79 Å². The van der Waals surface area contributed by atoms with Gasteiger partial charge in [0.05, 0.1) is 0 Å². The average molecular weight is 265 g/mol. The van der Waals surface area contributed by atoms with Gasteiger partial charge in [-0.2, -0.15) is 0 Å². The van der Waals surface area contributed by atoms with E-state index < -0.39 is 0 Å². The number of aryl methyl sites for hydroxylation is 1. The van der Waals surface area contributed by atoms with Crippen molar-refractivity contribution in [2.75, 3.05) is 14.1 Å². The summed E-state index contributed by atoms with van der Waals surface area (Å²) in [5, 5.41) is 0. The molecule has 0 atom stereocenters. The monoisotopic (exact) mass is 265 g/mol. The Balaban J connectivity index is 2.49. The summed E-state index contributed by atoms with van der Waals surface area (Å²) in [4.78, 5) is 14.7. The number of carbonyl (C=O) groups is 1. The van der Waals surface area contributed by atoms with E-state index in [1.165, 1.54) is 0 Å². The Kier molecular flexibility index (Phi) is 4.36. The number of hydrogen-bond donors (Lipinski definition) is 0. The van der Waals surface area contributed by atoms with Crippen molar-refractivity contribution in [3.05, 3.63) is 77.5 Å². The van der Waals surface area contributed by atoms with Crippen molar-refractivity contribution in [3.63, 3.8) is 0 Å². The Morgan fingerprint density at radius 3 is 2.15 bits per heavy atom. The third kappa shape index (κ3) is 3.15. The van der Waals surface area contributed by atoms with Gasteiger partial charge in [0.1, 0.15) is 0 Å². The molecule has 2 aromatic rings. The Hall–Kier alpha value is -2.35. The summed E-state index contributed by atoms with van der Waals surface area (Å²) in [5.74, 6) is 0.0583. The second-order valence-corrected chi connectivity index (χ2v) is 5.02. The first kappa shape index (κ1) is 14.1. The van der Waals surface area contributed by atoms with Crippen molar-refractivity contribution in [3.8, 4) is 0 Å². The standard InChI is InChI=1S/C18H19NO/c1-14-9-7-8-12-16(14)18(20)17(13-19(2)3)15-10-5-4-6-11-15/h4-13H,1-3H3/b17-13+. The number of hydrogen-bond acceptors (Lipinski definition) is 2. The SMILES string of the molecule is Cc1ccccc1C(=O)/C(=C/N(C)C)c1ccccc1. The molecule has 0 aliphatic rings. The van der Waals surface area contributed by atoms with E-state index in [0.717, 1.165) is 16.7 Å². The van der Waals surface area contributed by atoms with Crippen LogP contribution in [0.4, 0.5) is 0 Å². The van der Waals surface area contributed by atoms with Crippen LogP contribution in [0.3, 0.4) is 0 Å². The van der Waals surface area contributed by atoms with Crippen molar-refractivity contribution < 1.29 is 4.79 Å².